The van der Waals surface area contributed by atoms with Crippen molar-refractivity contribution in [2.45, 2.75) is 18.9 Å². The molecular weight excluding hydrogens is 114 g/mol. The molecule has 0 spiro atoms. The molecule has 2 nitrogen and oxygen atoms in total. The molecule has 2 aliphatic heterocycles. The van der Waals surface area contributed by atoms with Crippen LogP contribution in [0.4, 0.5) is 0 Å². The Balaban J connectivity index is 2.24. The Morgan fingerprint density at radius 1 is 1.67 bits per heavy atom. The number of ketones is 1. The SMILES string of the molecule is O=C1C=CN2CCCC12. The van der Waals surface area contributed by atoms with Crippen LogP contribution >= 0.6 is 0 Å². The summed E-state index contributed by atoms with van der Waals surface area (Å²) in [5, 5.41) is 0. The molecule has 2 rings (SSSR count). The summed E-state index contributed by atoms with van der Waals surface area (Å²) in [5.41, 5.74) is 0. The third-order valence-electron chi connectivity index (χ3n) is 2.05. The summed E-state index contributed by atoms with van der Waals surface area (Å²) in [7, 11) is 0. The molecule has 0 aromatic carbocycles. The van der Waals surface area contributed by atoms with Gasteiger partial charge in [-0.15, -0.1) is 0 Å². The van der Waals surface area contributed by atoms with E-state index in [0.717, 1.165) is 13.0 Å². The van der Waals surface area contributed by atoms with E-state index in [-0.39, 0.29) is 6.04 Å². The fraction of sp³-hybridized carbons (Fsp3) is 0.571. The van der Waals surface area contributed by atoms with Crippen LogP contribution in [0.3, 0.4) is 0 Å². The third kappa shape index (κ3) is 0.590. The van der Waals surface area contributed by atoms with E-state index in [0.29, 0.717) is 5.78 Å². The molecule has 0 aliphatic carbocycles. The Labute approximate surface area is 54.1 Å². The van der Waals surface area contributed by atoms with Gasteiger partial charge in [-0.25, -0.2) is 0 Å². The van der Waals surface area contributed by atoms with Gasteiger partial charge >= 0.3 is 0 Å². The smallest absolute Gasteiger partial charge is 0.179 e. The van der Waals surface area contributed by atoms with Crippen molar-refractivity contribution in [3.63, 3.8) is 0 Å². The van der Waals surface area contributed by atoms with Gasteiger partial charge in [0, 0.05) is 12.7 Å². The Kier molecular flexibility index (Phi) is 0.891. The summed E-state index contributed by atoms with van der Waals surface area (Å²) >= 11 is 0. The first-order valence-corrected chi connectivity index (χ1v) is 3.36. The van der Waals surface area contributed by atoms with E-state index < -0.39 is 0 Å². The summed E-state index contributed by atoms with van der Waals surface area (Å²) in [4.78, 5) is 13.1. The quantitative estimate of drug-likeness (QED) is 0.468. The number of carbonyl (C=O) groups excluding carboxylic acids is 1. The molecule has 1 unspecified atom stereocenters. The highest BCUT2D eigenvalue weighted by Crippen LogP contribution is 2.22. The molecule has 1 atom stereocenters. The molecule has 9 heavy (non-hydrogen) atoms. The van der Waals surface area contributed by atoms with E-state index >= 15 is 0 Å². The molecule has 1 saturated heterocycles. The van der Waals surface area contributed by atoms with Crippen molar-refractivity contribution in [3.05, 3.63) is 12.3 Å². The standard InChI is InChI=1S/C7H9NO/c9-7-3-5-8-4-1-2-6(7)8/h3,5-6H,1-2,4H2. The van der Waals surface area contributed by atoms with Crippen molar-refractivity contribution in [2.75, 3.05) is 6.54 Å². The van der Waals surface area contributed by atoms with Gasteiger partial charge in [0.2, 0.25) is 0 Å². The summed E-state index contributed by atoms with van der Waals surface area (Å²) < 4.78 is 0. The van der Waals surface area contributed by atoms with Crippen LogP contribution in [0.5, 0.6) is 0 Å². The van der Waals surface area contributed by atoms with Gasteiger partial charge in [0.1, 0.15) is 0 Å². The van der Waals surface area contributed by atoms with Crippen molar-refractivity contribution >= 4 is 5.78 Å². The van der Waals surface area contributed by atoms with Crippen molar-refractivity contribution < 1.29 is 4.79 Å². The zero-order chi connectivity index (χ0) is 6.27. The Bertz CT molecular complexity index is 174. The lowest BCUT2D eigenvalue weighted by atomic mass is 10.2. The Morgan fingerprint density at radius 2 is 2.56 bits per heavy atom. The van der Waals surface area contributed by atoms with Crippen LogP contribution in [-0.4, -0.2) is 23.3 Å². The molecule has 2 aliphatic rings. The van der Waals surface area contributed by atoms with Crippen molar-refractivity contribution in [1.29, 1.82) is 0 Å². The highest BCUT2D eigenvalue weighted by molar-refractivity contribution is 5.96. The lowest BCUT2D eigenvalue weighted by Gasteiger charge is -2.12. The second kappa shape index (κ2) is 1.59. The summed E-state index contributed by atoms with van der Waals surface area (Å²) in [5.74, 6) is 0.299. The van der Waals surface area contributed by atoms with Crippen LogP contribution in [0.15, 0.2) is 12.3 Å². The molecule has 2 heterocycles. The maximum atomic E-state index is 10.9. The zero-order valence-corrected chi connectivity index (χ0v) is 5.21. The van der Waals surface area contributed by atoms with Gasteiger partial charge in [0.25, 0.3) is 0 Å². The van der Waals surface area contributed by atoms with Crippen LogP contribution in [0, 0.1) is 0 Å². The number of hydrogen-bond donors (Lipinski definition) is 0. The van der Waals surface area contributed by atoms with Gasteiger partial charge in [-0.2, -0.15) is 0 Å². The number of carbonyl (C=O) groups is 1. The molecule has 0 N–H and O–H groups in total. The first-order valence-electron chi connectivity index (χ1n) is 3.36. The topological polar surface area (TPSA) is 20.3 Å². The average molecular weight is 123 g/mol. The second-order valence-corrected chi connectivity index (χ2v) is 2.61. The maximum absolute atomic E-state index is 10.9. The fourth-order valence-electron chi connectivity index (χ4n) is 1.55. The van der Waals surface area contributed by atoms with E-state index in [1.165, 1.54) is 6.42 Å². The van der Waals surface area contributed by atoms with Gasteiger partial charge in [0.05, 0.1) is 6.04 Å². The molecule has 0 amide bonds. The molecule has 2 heteroatoms. The van der Waals surface area contributed by atoms with Crippen molar-refractivity contribution in [1.82, 2.24) is 4.90 Å². The number of nitrogens with zero attached hydrogens (tertiary/aromatic N) is 1. The maximum Gasteiger partial charge on any atom is 0.179 e. The van der Waals surface area contributed by atoms with Crippen LogP contribution in [0.1, 0.15) is 12.8 Å². The normalized spacial score (nSPS) is 31.8. The second-order valence-electron chi connectivity index (χ2n) is 2.61. The van der Waals surface area contributed by atoms with Gasteiger partial charge < -0.3 is 4.90 Å². The molecule has 48 valence electrons. The van der Waals surface area contributed by atoms with Crippen LogP contribution in [-0.2, 0) is 4.79 Å². The molecule has 0 radical (unpaired) electrons. The molecule has 0 aromatic heterocycles. The van der Waals surface area contributed by atoms with Crippen molar-refractivity contribution in [3.8, 4) is 0 Å². The third-order valence-corrected chi connectivity index (χ3v) is 2.05. The number of hydrogen-bond acceptors (Lipinski definition) is 2. The summed E-state index contributed by atoms with van der Waals surface area (Å²) in [6, 6.07) is 0.227. The minimum Gasteiger partial charge on any atom is -0.367 e. The molecule has 0 saturated carbocycles. The first-order chi connectivity index (χ1) is 4.38. The number of rotatable bonds is 0. The monoisotopic (exact) mass is 123 g/mol. The van der Waals surface area contributed by atoms with Crippen LogP contribution in [0.25, 0.3) is 0 Å². The largest absolute Gasteiger partial charge is 0.367 e. The Morgan fingerprint density at radius 3 is 3.33 bits per heavy atom. The zero-order valence-electron chi connectivity index (χ0n) is 5.21. The highest BCUT2D eigenvalue weighted by Gasteiger charge is 2.30. The minimum absolute atomic E-state index is 0.227. The number of fused-ring (bicyclic) bond motifs is 1. The highest BCUT2D eigenvalue weighted by atomic mass is 16.1. The molecular formula is C7H9NO. The van der Waals surface area contributed by atoms with E-state index in [1.54, 1.807) is 6.08 Å². The molecule has 0 aromatic rings. The average Bonchev–Trinajstić information content (AvgIpc) is 2.35. The predicted molar refractivity (Wildman–Crippen MR) is 33.9 cm³/mol. The van der Waals surface area contributed by atoms with E-state index in [2.05, 4.69) is 4.90 Å². The van der Waals surface area contributed by atoms with E-state index in [4.69, 9.17) is 0 Å². The lowest BCUT2D eigenvalue weighted by molar-refractivity contribution is -0.116. The van der Waals surface area contributed by atoms with Gasteiger partial charge in [-0.1, -0.05) is 0 Å². The minimum atomic E-state index is 0.227. The van der Waals surface area contributed by atoms with Crippen LogP contribution in [0.2, 0.25) is 0 Å². The molecule has 0 bridgehead atoms. The summed E-state index contributed by atoms with van der Waals surface area (Å²) in [6.07, 6.45) is 5.84. The van der Waals surface area contributed by atoms with E-state index in [9.17, 15) is 4.79 Å². The lowest BCUT2D eigenvalue weighted by Crippen LogP contribution is -2.24. The Hall–Kier alpha value is -0.790. The van der Waals surface area contributed by atoms with Crippen molar-refractivity contribution in [2.24, 2.45) is 0 Å². The van der Waals surface area contributed by atoms with Gasteiger partial charge in [-0.05, 0) is 18.9 Å². The summed E-state index contributed by atoms with van der Waals surface area (Å²) in [6.45, 7) is 1.08. The first kappa shape index (κ1) is 5.03. The van der Waals surface area contributed by atoms with Gasteiger partial charge in [0.15, 0.2) is 5.78 Å². The predicted octanol–water partition coefficient (Wildman–Crippen LogP) is 0.547. The van der Waals surface area contributed by atoms with E-state index in [1.807, 2.05) is 6.20 Å². The van der Waals surface area contributed by atoms with Gasteiger partial charge in [-0.3, -0.25) is 4.79 Å². The fourth-order valence-corrected chi connectivity index (χ4v) is 1.55. The molecule has 1 fully saturated rings. The van der Waals surface area contributed by atoms with Crippen LogP contribution < -0.4 is 0 Å².